The summed E-state index contributed by atoms with van der Waals surface area (Å²) in [5.41, 5.74) is 7.55. The fourth-order valence-electron chi connectivity index (χ4n) is 3.59. The molecule has 0 aliphatic carbocycles. The molecule has 3 aromatic rings. The zero-order valence-electron chi connectivity index (χ0n) is 14.1. The summed E-state index contributed by atoms with van der Waals surface area (Å²) >= 11 is 0. The van der Waals surface area contributed by atoms with Gasteiger partial charge in [-0.05, 0) is 35.9 Å². The van der Waals surface area contributed by atoms with E-state index in [0.29, 0.717) is 16.8 Å². The number of alkyl halides is 1. The van der Waals surface area contributed by atoms with E-state index in [9.17, 15) is 13.6 Å². The Bertz CT molecular complexity index is 1090. The number of benzene rings is 1. The molecule has 4 rings (SSSR count). The molecule has 6 nitrogen and oxygen atoms in total. The van der Waals surface area contributed by atoms with Gasteiger partial charge in [0.05, 0.1) is 35.0 Å². The first-order chi connectivity index (χ1) is 13.0. The summed E-state index contributed by atoms with van der Waals surface area (Å²) in [6, 6.07) is 9.00. The Balaban J connectivity index is 1.79. The van der Waals surface area contributed by atoms with Gasteiger partial charge in [-0.15, -0.1) is 0 Å². The van der Waals surface area contributed by atoms with Crippen LogP contribution in [0.25, 0.3) is 5.52 Å². The molecule has 27 heavy (non-hydrogen) atoms. The maximum atomic E-state index is 14.2. The van der Waals surface area contributed by atoms with E-state index in [1.54, 1.807) is 29.3 Å². The summed E-state index contributed by atoms with van der Waals surface area (Å²) < 4.78 is 29.6. The van der Waals surface area contributed by atoms with Gasteiger partial charge in [0.2, 0.25) is 0 Å². The van der Waals surface area contributed by atoms with Crippen molar-refractivity contribution in [2.45, 2.75) is 18.6 Å². The van der Waals surface area contributed by atoms with Crippen molar-refractivity contribution in [2.24, 2.45) is 5.73 Å². The molecule has 1 amide bonds. The number of hydrogen-bond donors (Lipinski definition) is 1. The largest absolute Gasteiger partial charge is 0.365 e. The number of pyridine rings is 1. The average molecular weight is 367 g/mol. The number of nitriles is 1. The topological polar surface area (TPSA) is 87.4 Å². The Labute approximate surface area is 153 Å². The van der Waals surface area contributed by atoms with E-state index in [4.69, 9.17) is 11.0 Å². The van der Waals surface area contributed by atoms with Crippen LogP contribution in [-0.4, -0.2) is 28.2 Å². The predicted molar refractivity (Wildman–Crippen MR) is 94.4 cm³/mol. The Morgan fingerprint density at radius 2 is 2.15 bits per heavy atom. The molecule has 0 bridgehead atoms. The number of rotatable bonds is 3. The molecule has 2 aromatic heterocycles. The maximum Gasteiger partial charge on any atom is 0.252 e. The molecule has 0 spiro atoms. The monoisotopic (exact) mass is 367 g/mol. The molecular weight excluding hydrogens is 352 g/mol. The summed E-state index contributed by atoms with van der Waals surface area (Å²) in [5, 5.41) is 13.2. The van der Waals surface area contributed by atoms with Crippen molar-refractivity contribution in [3.63, 3.8) is 0 Å². The number of primary amides is 1. The molecule has 1 aliphatic rings. The Kier molecular flexibility index (Phi) is 4.00. The average Bonchev–Trinajstić information content (AvgIpc) is 3.24. The molecule has 1 aliphatic heterocycles. The minimum Gasteiger partial charge on any atom is -0.365 e. The Morgan fingerprint density at radius 3 is 2.89 bits per heavy atom. The molecule has 1 aromatic carbocycles. The summed E-state index contributed by atoms with van der Waals surface area (Å²) in [6.07, 6.45) is 2.13. The standard InChI is InChI=1S/C19H15F2N5O/c20-13-4-11(8-22)3-12(5-13)17-6-14(21)10-25(17)15-1-2-26-18(7-15)16(9-24-26)19(23)27/h1-5,7,9,14,17H,6,10H2,(H2,23,27). The van der Waals surface area contributed by atoms with Crippen molar-refractivity contribution >= 4 is 17.1 Å². The van der Waals surface area contributed by atoms with Gasteiger partial charge in [-0.3, -0.25) is 4.79 Å². The van der Waals surface area contributed by atoms with E-state index in [-0.39, 0.29) is 24.1 Å². The third kappa shape index (κ3) is 2.97. The lowest BCUT2D eigenvalue weighted by atomic mass is 10.0. The molecule has 1 fully saturated rings. The van der Waals surface area contributed by atoms with Gasteiger partial charge in [-0.25, -0.2) is 13.3 Å². The van der Waals surface area contributed by atoms with Gasteiger partial charge in [0.15, 0.2) is 0 Å². The molecule has 136 valence electrons. The van der Waals surface area contributed by atoms with Crippen LogP contribution in [0.4, 0.5) is 14.5 Å². The number of amides is 1. The number of aromatic nitrogens is 2. The summed E-state index contributed by atoms with van der Waals surface area (Å²) in [5.74, 6) is -1.14. The fraction of sp³-hybridized carbons (Fsp3) is 0.211. The van der Waals surface area contributed by atoms with E-state index in [2.05, 4.69) is 5.10 Å². The molecule has 8 heteroatoms. The minimum atomic E-state index is -1.10. The molecule has 2 N–H and O–H groups in total. The van der Waals surface area contributed by atoms with Crippen LogP contribution in [0.5, 0.6) is 0 Å². The highest BCUT2D eigenvalue weighted by molar-refractivity contribution is 5.99. The van der Waals surface area contributed by atoms with Crippen LogP contribution < -0.4 is 10.6 Å². The number of carbonyl (C=O) groups excluding carboxylic acids is 1. The van der Waals surface area contributed by atoms with Crippen LogP contribution in [0.2, 0.25) is 0 Å². The minimum absolute atomic E-state index is 0.124. The number of nitrogens with two attached hydrogens (primary N) is 1. The second kappa shape index (κ2) is 6.36. The molecule has 0 radical (unpaired) electrons. The summed E-state index contributed by atoms with van der Waals surface area (Å²) in [7, 11) is 0. The first-order valence-corrected chi connectivity index (χ1v) is 8.35. The lowest BCUT2D eigenvalue weighted by molar-refractivity contribution is 0.100. The van der Waals surface area contributed by atoms with Crippen molar-refractivity contribution in [1.82, 2.24) is 9.61 Å². The molecule has 1 saturated heterocycles. The Hall–Kier alpha value is -3.47. The maximum absolute atomic E-state index is 14.2. The fourth-order valence-corrected chi connectivity index (χ4v) is 3.59. The normalized spacial score (nSPS) is 19.4. The highest BCUT2D eigenvalue weighted by atomic mass is 19.1. The summed E-state index contributed by atoms with van der Waals surface area (Å²) in [4.78, 5) is 13.4. The van der Waals surface area contributed by atoms with Crippen LogP contribution in [-0.2, 0) is 0 Å². The van der Waals surface area contributed by atoms with E-state index in [0.717, 1.165) is 6.07 Å². The van der Waals surface area contributed by atoms with Crippen molar-refractivity contribution in [1.29, 1.82) is 5.26 Å². The number of carbonyl (C=O) groups is 1. The second-order valence-corrected chi connectivity index (χ2v) is 6.52. The first kappa shape index (κ1) is 17.0. The van der Waals surface area contributed by atoms with Gasteiger partial charge in [0, 0.05) is 24.8 Å². The molecule has 2 unspecified atom stereocenters. The number of hydrogen-bond acceptors (Lipinski definition) is 4. The van der Waals surface area contributed by atoms with Crippen LogP contribution in [0.15, 0.2) is 42.7 Å². The number of nitrogens with zero attached hydrogens (tertiary/aromatic N) is 4. The van der Waals surface area contributed by atoms with Crippen LogP contribution in [0, 0.1) is 17.1 Å². The molecule has 3 heterocycles. The predicted octanol–water partition coefficient (Wildman–Crippen LogP) is 2.73. The number of halogens is 2. The SMILES string of the molecule is N#Cc1cc(F)cc(C2CC(F)CN2c2ccn3ncc(C(N)=O)c3c2)c1. The Morgan fingerprint density at radius 1 is 1.33 bits per heavy atom. The van der Waals surface area contributed by atoms with Crippen molar-refractivity contribution in [3.05, 3.63) is 65.2 Å². The molecule has 0 saturated carbocycles. The quantitative estimate of drug-likeness (QED) is 0.771. The van der Waals surface area contributed by atoms with Gasteiger partial charge in [0.25, 0.3) is 5.91 Å². The second-order valence-electron chi connectivity index (χ2n) is 6.52. The van der Waals surface area contributed by atoms with E-state index in [1.165, 1.54) is 16.8 Å². The third-order valence-electron chi connectivity index (χ3n) is 4.79. The van der Waals surface area contributed by atoms with E-state index < -0.39 is 23.9 Å². The number of fused-ring (bicyclic) bond motifs is 1. The van der Waals surface area contributed by atoms with Crippen LogP contribution in [0.3, 0.4) is 0 Å². The van der Waals surface area contributed by atoms with Crippen LogP contribution in [0.1, 0.15) is 33.9 Å². The lowest BCUT2D eigenvalue weighted by Crippen LogP contribution is -2.24. The highest BCUT2D eigenvalue weighted by Crippen LogP contribution is 2.38. The highest BCUT2D eigenvalue weighted by Gasteiger charge is 2.34. The number of anilines is 1. The smallest absolute Gasteiger partial charge is 0.252 e. The van der Waals surface area contributed by atoms with E-state index in [1.807, 2.05) is 6.07 Å². The summed E-state index contributed by atoms with van der Waals surface area (Å²) in [6.45, 7) is 0.124. The first-order valence-electron chi connectivity index (χ1n) is 8.35. The van der Waals surface area contributed by atoms with Crippen molar-refractivity contribution < 1.29 is 13.6 Å². The molecule has 2 atom stereocenters. The van der Waals surface area contributed by atoms with E-state index >= 15 is 0 Å². The third-order valence-corrected chi connectivity index (χ3v) is 4.79. The van der Waals surface area contributed by atoms with Crippen molar-refractivity contribution in [3.8, 4) is 6.07 Å². The van der Waals surface area contributed by atoms with Gasteiger partial charge in [-0.1, -0.05) is 0 Å². The zero-order valence-corrected chi connectivity index (χ0v) is 14.1. The lowest BCUT2D eigenvalue weighted by Gasteiger charge is -2.27. The van der Waals surface area contributed by atoms with Gasteiger partial charge >= 0.3 is 0 Å². The van der Waals surface area contributed by atoms with Gasteiger partial charge in [-0.2, -0.15) is 10.4 Å². The van der Waals surface area contributed by atoms with Crippen LogP contribution >= 0.6 is 0 Å². The van der Waals surface area contributed by atoms with Gasteiger partial charge in [0.1, 0.15) is 12.0 Å². The molecular formula is C19H15F2N5O. The zero-order chi connectivity index (χ0) is 19.1. The van der Waals surface area contributed by atoms with Crippen molar-refractivity contribution in [2.75, 3.05) is 11.4 Å². The van der Waals surface area contributed by atoms with Gasteiger partial charge < -0.3 is 10.6 Å².